The van der Waals surface area contributed by atoms with Gasteiger partial charge in [0.05, 0.1) is 77.3 Å². The Labute approximate surface area is 857 Å². The lowest BCUT2D eigenvalue weighted by molar-refractivity contribution is -0.123. The number of ketones is 1. The normalized spacial score (nSPS) is 16.1. The van der Waals surface area contributed by atoms with E-state index >= 15 is 0 Å². The summed E-state index contributed by atoms with van der Waals surface area (Å²) in [7, 11) is 1.66. The van der Waals surface area contributed by atoms with Crippen LogP contribution in [0.25, 0.3) is 0 Å². The summed E-state index contributed by atoms with van der Waals surface area (Å²) in [6.07, 6.45) is 34.9. The molecule has 18 rings (SSSR count). The Morgan fingerprint density at radius 2 is 0.608 bits per heavy atom. The smallest absolute Gasteiger partial charge is 0.266 e. The van der Waals surface area contributed by atoms with Crippen LogP contribution in [-0.2, 0) is 49.7 Å². The van der Waals surface area contributed by atoms with E-state index in [4.69, 9.17) is 28.4 Å². The van der Waals surface area contributed by atoms with Crippen LogP contribution in [0.5, 0.6) is 34.5 Å². The predicted octanol–water partition coefficient (Wildman–Crippen LogP) is 13.5. The number of methoxy groups -OCH3 is 1. The van der Waals surface area contributed by atoms with Gasteiger partial charge in [0.25, 0.3) is 33.4 Å². The molecule has 6 aromatic heterocycles. The third-order valence-electron chi connectivity index (χ3n) is 27.5. The Kier molecular flexibility index (Phi) is 45.3. The van der Waals surface area contributed by atoms with Gasteiger partial charge in [-0.25, -0.2) is 26.3 Å². The van der Waals surface area contributed by atoms with Crippen molar-refractivity contribution in [3.8, 4) is 34.5 Å². The van der Waals surface area contributed by atoms with Crippen molar-refractivity contribution < 1.29 is 59.6 Å². The van der Waals surface area contributed by atoms with Crippen molar-refractivity contribution in [1.82, 2.24) is 89.2 Å². The Morgan fingerprint density at radius 3 is 0.966 bits per heavy atom. The van der Waals surface area contributed by atoms with Crippen molar-refractivity contribution in [2.45, 2.75) is 129 Å². The van der Waals surface area contributed by atoms with E-state index in [1.54, 1.807) is 74.6 Å². The molecule has 0 atom stereocenters. The fourth-order valence-electron chi connectivity index (χ4n) is 18.5. The minimum atomic E-state index is -0.664. The third kappa shape index (κ3) is 39.6. The van der Waals surface area contributed by atoms with Crippen molar-refractivity contribution in [1.29, 1.82) is 0 Å². The van der Waals surface area contributed by atoms with E-state index in [9.17, 15) is 59.9 Å². The van der Waals surface area contributed by atoms with Gasteiger partial charge in [-0.15, -0.1) is 0 Å². The first-order valence-electron chi connectivity index (χ1n) is 51.2. The minimum Gasteiger partial charge on any atom is -0.493 e. The van der Waals surface area contributed by atoms with Gasteiger partial charge in [0.1, 0.15) is 40.6 Å². The topological polar surface area (TPSA) is 366 Å². The lowest BCUT2D eigenvalue weighted by atomic mass is 9.89. The largest absolute Gasteiger partial charge is 0.493 e. The number of hydrogen-bond acceptors (Lipinski definition) is 25. The maximum Gasteiger partial charge on any atom is 0.266 e. The lowest BCUT2D eigenvalue weighted by Crippen LogP contribution is -2.38. The van der Waals surface area contributed by atoms with Crippen LogP contribution in [0.4, 0.5) is 26.3 Å². The third-order valence-corrected chi connectivity index (χ3v) is 27.5. The molecule has 12 aromatic rings. The maximum absolute atomic E-state index is 13.7. The summed E-state index contributed by atoms with van der Waals surface area (Å²) in [6.45, 7) is 22.2. The highest BCUT2D eigenvalue weighted by Crippen LogP contribution is 2.31. The van der Waals surface area contributed by atoms with Gasteiger partial charge in [-0.05, 0) is 264 Å². The van der Waals surface area contributed by atoms with Crippen molar-refractivity contribution in [2.24, 2.45) is 35.5 Å². The number of carbonyl (C=O) groups is 1. The Balaban J connectivity index is 0.000000148. The highest BCUT2D eigenvalue weighted by atomic mass is 19.2. The molecule has 790 valence electrons. The van der Waals surface area contributed by atoms with Crippen LogP contribution in [-0.4, -0.2) is 253 Å². The molecule has 6 N–H and O–H groups in total. The second-order valence-electron chi connectivity index (χ2n) is 38.4. The number of likely N-dealkylation sites (tertiary alicyclic amines) is 6. The number of halogens is 6. The van der Waals surface area contributed by atoms with Gasteiger partial charge in [0.15, 0.2) is 34.6 Å². The van der Waals surface area contributed by atoms with Crippen LogP contribution in [0, 0.1) is 77.3 Å². The second kappa shape index (κ2) is 60.0. The summed E-state index contributed by atoms with van der Waals surface area (Å²) in [6, 6.07) is 35.3. The number of H-pyrrole nitrogens is 6. The molecule has 31 nitrogen and oxygen atoms in total. The van der Waals surface area contributed by atoms with Gasteiger partial charge in [-0.2, -0.15) is 0 Å². The summed E-state index contributed by atoms with van der Waals surface area (Å²) < 4.78 is 114. The van der Waals surface area contributed by atoms with Crippen LogP contribution in [0.15, 0.2) is 237 Å². The molecule has 0 unspecified atom stereocenters. The first-order valence-corrected chi connectivity index (χ1v) is 51.2. The van der Waals surface area contributed by atoms with Gasteiger partial charge in [0, 0.05) is 180 Å². The number of aromatic nitrogens is 12. The zero-order valence-electron chi connectivity index (χ0n) is 84.2. The first-order chi connectivity index (χ1) is 71.9. The molecule has 6 aliphatic rings. The summed E-state index contributed by atoms with van der Waals surface area (Å²) in [5.41, 5.74) is 5.89. The monoisotopic (exact) mass is 2040 g/mol. The van der Waals surface area contributed by atoms with Crippen molar-refractivity contribution in [2.75, 3.05) is 158 Å². The number of para-hydroxylation sites is 3. The van der Waals surface area contributed by atoms with Crippen LogP contribution < -0.4 is 61.8 Å². The van der Waals surface area contributed by atoms with Crippen LogP contribution in [0.3, 0.4) is 0 Å². The van der Waals surface area contributed by atoms with Crippen molar-refractivity contribution in [3.63, 3.8) is 0 Å². The first kappa shape index (κ1) is 112. The molecule has 6 aliphatic heterocycles. The van der Waals surface area contributed by atoms with Gasteiger partial charge in [-0.3, -0.25) is 63.5 Å². The van der Waals surface area contributed by atoms with E-state index < -0.39 is 23.3 Å². The molecule has 0 spiro atoms. The van der Waals surface area contributed by atoms with Crippen molar-refractivity contribution >= 4 is 5.78 Å². The molecule has 0 bridgehead atoms. The number of aromatic amines is 6. The number of rotatable bonds is 37. The number of carbonyl (C=O) groups excluding carboxylic acids is 1. The average molecular weight is 2040 g/mol. The molecule has 12 heterocycles. The van der Waals surface area contributed by atoms with Gasteiger partial charge < -0.3 is 87.7 Å². The molecular weight excluding hydrogens is 1910 g/mol. The zero-order valence-corrected chi connectivity index (χ0v) is 84.2. The fourth-order valence-corrected chi connectivity index (χ4v) is 18.5. The number of Topliss-reactive ketones (excluding diaryl/α,β-unsaturated/α-hetero) is 1. The second-order valence-corrected chi connectivity index (χ2v) is 38.4. The number of piperidine rings is 6. The van der Waals surface area contributed by atoms with Gasteiger partial charge >= 0.3 is 0 Å². The van der Waals surface area contributed by atoms with Crippen LogP contribution >= 0.6 is 0 Å². The molecule has 0 saturated carbocycles. The van der Waals surface area contributed by atoms with Crippen LogP contribution in [0.2, 0.25) is 0 Å². The van der Waals surface area contributed by atoms with Crippen molar-refractivity contribution in [3.05, 3.63) is 350 Å². The number of nitrogens with one attached hydrogen (secondary N) is 6. The van der Waals surface area contributed by atoms with E-state index in [1.165, 1.54) is 73.1 Å². The zero-order chi connectivity index (χ0) is 104. The Morgan fingerprint density at radius 1 is 0.297 bits per heavy atom. The number of nitrogens with zero attached hydrogens (tertiary/aromatic N) is 12. The SMILES string of the molecule is COc1ccccc1OCC1CCN(CCc2cncc(=O)[nH]2)CC1.Cc1ccccc1OCC1CCN(CCc2cncc(=O)[nH]2)CC1.O=C(Cc1ccccc1F)C1CCN(CCc2cncc(=O)[nH]2)CC1.O=c1cncc(CCN2CCC(COc3cc(F)ccc3F)CC2)[nH]1.O=c1cncc(CCN2CCC(COc3ccc(F)cc3F)CC2)[nH]1.O=c1cncc(CCN2CCC(COc3cccc(F)c3)CC2)[nH]1. The van der Waals surface area contributed by atoms with Gasteiger partial charge in [-0.1, -0.05) is 54.6 Å². The molecule has 6 aromatic carbocycles. The molecule has 6 fully saturated rings. The quantitative estimate of drug-likeness (QED) is 0.0197. The summed E-state index contributed by atoms with van der Waals surface area (Å²) in [4.78, 5) is 134. The van der Waals surface area contributed by atoms with Crippen LogP contribution in [0.1, 0.15) is 122 Å². The minimum absolute atomic E-state index is 0.00838. The Bertz CT molecular complexity index is 6410. The lowest BCUT2D eigenvalue weighted by Gasteiger charge is -2.31. The molecule has 0 aliphatic carbocycles. The standard InChI is InChI=1S/C19H22FN3O2.C19H25N3O3.C19H25N3O2.2C18H21F2N3O2.C18H22FN3O2/c20-17-4-2-1-3-15(17)11-18(24)14-5-8-23(9-6-14)10-7-16-12-21-13-19(25)22-16;1-24-17-4-2-3-5-18(17)25-14-15-6-9-22(10-7-15)11-8-16-12-20-13-19(23)21-16;1-15-4-2-3-5-18(15)24-14-16-6-9-22(10-7-16)11-8-17-12-20-13-19(23)21-17;19-14-1-2-17(16(20)9-14)25-12-13-3-6-23(7-4-13)8-5-15-10-21-11-18(24)22-15;19-14-1-2-16(20)17(9-14)25-12-13-3-6-23(7-4-13)8-5-15-10-21-11-18(24)22-15;19-15-2-1-3-17(10-15)24-13-14-4-7-22(8-5-14)9-6-16-11-20-12-18(23)21-16/h1-4,12-14H,5-11H2,(H,22,25);2-5,12-13,15H,6-11,14H2,1H3,(H,21,23);2-5,12-13,16H,6-11,14H2,1H3,(H,21,23);2*1-2,9-11,13H,3-8,12H2,(H,22,24);1-3,10-12,14H,4-9,13H2,(H,21,23). The van der Waals surface area contributed by atoms with E-state index in [1.807, 2.05) is 42.5 Å². The molecular formula is C111H136F6N18O13. The summed E-state index contributed by atoms with van der Waals surface area (Å²) in [5, 5.41) is 0. The molecule has 0 amide bonds. The van der Waals surface area contributed by atoms with E-state index in [-0.39, 0.29) is 74.6 Å². The number of ether oxygens (including phenoxy) is 6. The van der Waals surface area contributed by atoms with E-state index in [0.717, 1.165) is 322 Å². The molecule has 6 saturated heterocycles. The van der Waals surface area contributed by atoms with Gasteiger partial charge in [0.2, 0.25) is 0 Å². The summed E-state index contributed by atoms with van der Waals surface area (Å²) in [5.74, 6) is 2.91. The maximum atomic E-state index is 13.7. The molecule has 37 heteroatoms. The average Bonchev–Trinajstić information content (AvgIpc) is 0.885. The van der Waals surface area contributed by atoms with E-state index in [0.29, 0.717) is 60.7 Å². The van der Waals surface area contributed by atoms with E-state index in [2.05, 4.69) is 102 Å². The fraction of sp³-hybridized carbons (Fsp3) is 0.450. The Hall–Kier alpha value is -13.6. The highest BCUT2D eigenvalue weighted by molar-refractivity contribution is 5.83. The highest BCUT2D eigenvalue weighted by Gasteiger charge is 2.29. The number of benzene rings is 6. The number of aryl methyl sites for hydroxylation is 1. The molecule has 0 radical (unpaired) electrons. The predicted molar refractivity (Wildman–Crippen MR) is 552 cm³/mol. The molecule has 148 heavy (non-hydrogen) atoms. The summed E-state index contributed by atoms with van der Waals surface area (Å²) >= 11 is 0. The number of hydrogen-bond donors (Lipinski definition) is 6.